The minimum atomic E-state index is 0.431. The quantitative estimate of drug-likeness (QED) is 0.486. The highest BCUT2D eigenvalue weighted by Gasteiger charge is 2.37. The molecule has 0 aromatic carbocycles. The average molecular weight is 132 g/mol. The summed E-state index contributed by atoms with van der Waals surface area (Å²) < 4.78 is 0. The third-order valence-corrected chi connectivity index (χ3v) is 2.74. The van der Waals surface area contributed by atoms with Crippen molar-refractivity contribution in [3.05, 3.63) is 0 Å². The lowest BCUT2D eigenvalue weighted by Gasteiger charge is -2.45. The van der Waals surface area contributed by atoms with Crippen LogP contribution in [0.25, 0.3) is 0 Å². The van der Waals surface area contributed by atoms with E-state index in [-0.39, 0.29) is 0 Å². The fourth-order valence-corrected chi connectivity index (χ4v) is 1.90. The SMILES string of the molecule is ClC1CCC2CC1N2. The first-order valence-corrected chi connectivity index (χ1v) is 3.70. The van der Waals surface area contributed by atoms with Gasteiger partial charge in [-0.1, -0.05) is 0 Å². The first-order valence-electron chi connectivity index (χ1n) is 3.26. The molecule has 3 fully saturated rings. The molecule has 1 aliphatic carbocycles. The molecule has 1 saturated carbocycles. The van der Waals surface area contributed by atoms with Crippen molar-refractivity contribution >= 4 is 11.6 Å². The van der Waals surface area contributed by atoms with E-state index in [1.54, 1.807) is 0 Å². The van der Waals surface area contributed by atoms with Crippen molar-refractivity contribution in [2.45, 2.75) is 36.7 Å². The predicted molar refractivity (Wildman–Crippen MR) is 34.2 cm³/mol. The van der Waals surface area contributed by atoms with Crippen LogP contribution in [0.1, 0.15) is 19.3 Å². The second-order valence-electron chi connectivity index (χ2n) is 2.80. The van der Waals surface area contributed by atoms with Crippen LogP contribution >= 0.6 is 11.6 Å². The highest BCUT2D eigenvalue weighted by molar-refractivity contribution is 6.21. The number of hydrogen-bond acceptors (Lipinski definition) is 1. The number of nitrogens with one attached hydrogen (secondary N) is 1. The van der Waals surface area contributed by atoms with Crippen molar-refractivity contribution in [1.82, 2.24) is 5.32 Å². The van der Waals surface area contributed by atoms with Crippen LogP contribution in [0.5, 0.6) is 0 Å². The summed E-state index contributed by atoms with van der Waals surface area (Å²) in [7, 11) is 0. The molecule has 2 heterocycles. The molecule has 2 saturated heterocycles. The Morgan fingerprint density at radius 3 is 2.38 bits per heavy atom. The van der Waals surface area contributed by atoms with Gasteiger partial charge in [0.15, 0.2) is 0 Å². The van der Waals surface area contributed by atoms with Gasteiger partial charge in [0.2, 0.25) is 0 Å². The molecule has 1 N–H and O–H groups in total. The van der Waals surface area contributed by atoms with Crippen LogP contribution in [0.15, 0.2) is 0 Å². The molecule has 0 aromatic rings. The summed E-state index contributed by atoms with van der Waals surface area (Å²) >= 11 is 5.94. The van der Waals surface area contributed by atoms with Crippen LogP contribution in [0.4, 0.5) is 0 Å². The number of halogens is 1. The molecule has 8 heavy (non-hydrogen) atoms. The normalized spacial score (nSPS) is 52.9. The summed E-state index contributed by atoms with van der Waals surface area (Å²) in [6, 6.07) is 1.49. The van der Waals surface area contributed by atoms with Crippen molar-refractivity contribution in [3.8, 4) is 0 Å². The van der Waals surface area contributed by atoms with Gasteiger partial charge in [0, 0.05) is 17.5 Å². The Hall–Kier alpha value is 0.250. The lowest BCUT2D eigenvalue weighted by Crippen LogP contribution is -2.60. The third kappa shape index (κ3) is 0.579. The van der Waals surface area contributed by atoms with E-state index in [1.165, 1.54) is 19.3 Å². The van der Waals surface area contributed by atoms with Gasteiger partial charge in [0.05, 0.1) is 0 Å². The van der Waals surface area contributed by atoms with Crippen LogP contribution in [-0.2, 0) is 0 Å². The third-order valence-electron chi connectivity index (χ3n) is 2.22. The van der Waals surface area contributed by atoms with Crippen molar-refractivity contribution < 1.29 is 0 Å². The van der Waals surface area contributed by atoms with Gasteiger partial charge in [0.1, 0.15) is 0 Å². The highest BCUT2D eigenvalue weighted by Crippen LogP contribution is 2.31. The van der Waals surface area contributed by atoms with E-state index in [0.29, 0.717) is 11.4 Å². The maximum Gasteiger partial charge on any atom is 0.0490 e. The molecule has 0 spiro atoms. The summed E-state index contributed by atoms with van der Waals surface area (Å²) in [5, 5.41) is 3.83. The predicted octanol–water partition coefficient (Wildman–Crippen LogP) is 1.12. The molecule has 0 radical (unpaired) electrons. The van der Waals surface area contributed by atoms with E-state index in [1.807, 2.05) is 0 Å². The molecular formula is C6H10ClN. The Kier molecular flexibility index (Phi) is 1.02. The molecule has 1 nitrogen and oxygen atoms in total. The van der Waals surface area contributed by atoms with E-state index in [0.717, 1.165) is 6.04 Å². The zero-order chi connectivity index (χ0) is 5.56. The fraction of sp³-hybridized carbons (Fsp3) is 1.00. The molecule has 3 rings (SSSR count). The van der Waals surface area contributed by atoms with Gasteiger partial charge in [-0.15, -0.1) is 11.6 Å². The van der Waals surface area contributed by atoms with Gasteiger partial charge in [-0.25, -0.2) is 0 Å². The first-order chi connectivity index (χ1) is 3.86. The Morgan fingerprint density at radius 2 is 2.12 bits per heavy atom. The molecule has 3 atom stereocenters. The summed E-state index contributed by atoms with van der Waals surface area (Å²) in [6.07, 6.45) is 3.85. The first kappa shape index (κ1) is 5.07. The minimum Gasteiger partial charge on any atom is -0.310 e. The largest absolute Gasteiger partial charge is 0.310 e. The number of hydrogen-bond donors (Lipinski definition) is 1. The zero-order valence-electron chi connectivity index (χ0n) is 4.73. The molecule has 3 aliphatic rings. The lowest BCUT2D eigenvalue weighted by atomic mass is 9.82. The fourth-order valence-electron chi connectivity index (χ4n) is 1.60. The summed E-state index contributed by atoms with van der Waals surface area (Å²) in [4.78, 5) is 0. The van der Waals surface area contributed by atoms with E-state index in [2.05, 4.69) is 5.32 Å². The monoisotopic (exact) mass is 131 g/mol. The molecule has 46 valence electrons. The second-order valence-corrected chi connectivity index (χ2v) is 3.36. The summed E-state index contributed by atoms with van der Waals surface area (Å²) in [5.41, 5.74) is 0. The van der Waals surface area contributed by atoms with E-state index in [9.17, 15) is 0 Å². The van der Waals surface area contributed by atoms with Gasteiger partial charge in [-0.2, -0.15) is 0 Å². The van der Waals surface area contributed by atoms with Crippen molar-refractivity contribution in [3.63, 3.8) is 0 Å². The van der Waals surface area contributed by atoms with Crippen LogP contribution < -0.4 is 5.32 Å². The molecule has 2 bridgehead atoms. The Labute approximate surface area is 54.4 Å². The average Bonchev–Trinajstić information content (AvgIpc) is 1.62. The van der Waals surface area contributed by atoms with Crippen molar-refractivity contribution in [1.29, 1.82) is 0 Å². The Morgan fingerprint density at radius 1 is 1.38 bits per heavy atom. The van der Waals surface area contributed by atoms with Gasteiger partial charge in [-0.05, 0) is 19.3 Å². The van der Waals surface area contributed by atoms with Crippen molar-refractivity contribution in [2.75, 3.05) is 0 Å². The summed E-state index contributed by atoms with van der Waals surface area (Å²) in [5.74, 6) is 0. The number of alkyl halides is 1. The van der Waals surface area contributed by atoms with Crippen LogP contribution in [0.2, 0.25) is 0 Å². The van der Waals surface area contributed by atoms with E-state index in [4.69, 9.17) is 11.6 Å². The maximum atomic E-state index is 5.94. The molecule has 2 heteroatoms. The number of fused-ring (bicyclic) bond motifs is 2. The maximum absolute atomic E-state index is 5.94. The highest BCUT2D eigenvalue weighted by atomic mass is 35.5. The van der Waals surface area contributed by atoms with E-state index >= 15 is 0 Å². The van der Waals surface area contributed by atoms with Gasteiger partial charge >= 0.3 is 0 Å². The lowest BCUT2D eigenvalue weighted by molar-refractivity contribution is 0.187. The van der Waals surface area contributed by atoms with Crippen LogP contribution in [-0.4, -0.2) is 17.5 Å². The topological polar surface area (TPSA) is 12.0 Å². The smallest absolute Gasteiger partial charge is 0.0490 e. The standard InChI is InChI=1S/C6H10ClN/c7-5-2-1-4-3-6(5)8-4/h4-6,8H,1-3H2. The van der Waals surface area contributed by atoms with Gasteiger partial charge in [0.25, 0.3) is 0 Å². The number of piperidine rings is 1. The second kappa shape index (κ2) is 1.61. The van der Waals surface area contributed by atoms with Crippen LogP contribution in [0.3, 0.4) is 0 Å². The van der Waals surface area contributed by atoms with Gasteiger partial charge in [-0.3, -0.25) is 0 Å². The van der Waals surface area contributed by atoms with Gasteiger partial charge < -0.3 is 5.32 Å². The molecule has 2 aliphatic heterocycles. The van der Waals surface area contributed by atoms with Crippen molar-refractivity contribution in [2.24, 2.45) is 0 Å². The molecule has 3 unspecified atom stereocenters. The summed E-state index contributed by atoms with van der Waals surface area (Å²) in [6.45, 7) is 0. The number of rotatable bonds is 0. The zero-order valence-corrected chi connectivity index (χ0v) is 5.49. The minimum absolute atomic E-state index is 0.431. The molecular weight excluding hydrogens is 122 g/mol. The molecule has 0 amide bonds. The Balaban J connectivity index is 2.01. The van der Waals surface area contributed by atoms with Crippen LogP contribution in [0, 0.1) is 0 Å². The molecule has 0 aromatic heterocycles. The van der Waals surface area contributed by atoms with E-state index < -0.39 is 0 Å². The Bertz CT molecular complexity index is 93.2.